The van der Waals surface area contributed by atoms with Gasteiger partial charge in [0.1, 0.15) is 24.7 Å². The first-order valence-corrected chi connectivity index (χ1v) is 10.4. The second-order valence-electron chi connectivity index (χ2n) is 6.50. The number of fused-ring (bicyclic) bond motifs is 1. The molecule has 4 rings (SSSR count). The van der Waals surface area contributed by atoms with Crippen molar-refractivity contribution in [3.8, 4) is 22.8 Å². The van der Waals surface area contributed by atoms with Gasteiger partial charge in [-0.3, -0.25) is 10.1 Å². The Morgan fingerprint density at radius 2 is 1.71 bits per heavy atom. The molecule has 0 saturated carbocycles. The first-order valence-electron chi connectivity index (χ1n) is 9.22. The highest BCUT2D eigenvalue weighted by Crippen LogP contribution is 2.32. The second-order valence-corrected chi connectivity index (χ2v) is 7.78. The van der Waals surface area contributed by atoms with Crippen LogP contribution in [0.5, 0.6) is 11.5 Å². The van der Waals surface area contributed by atoms with Crippen molar-refractivity contribution in [2.75, 3.05) is 18.5 Å². The predicted molar refractivity (Wildman–Crippen MR) is 125 cm³/mol. The Bertz CT molecular complexity index is 1160. The third-order valence-electron chi connectivity index (χ3n) is 4.21. The van der Waals surface area contributed by atoms with E-state index in [1.54, 1.807) is 48.5 Å². The molecule has 1 aliphatic heterocycles. The second kappa shape index (κ2) is 9.43. The number of hydrogen-bond donors (Lipinski definition) is 2. The number of anilines is 1. The number of carbonyl (C=O) groups excluding carboxylic acids is 1. The Balaban J connectivity index is 1.34. The normalized spacial score (nSPS) is 12.6. The van der Waals surface area contributed by atoms with E-state index in [2.05, 4.69) is 10.6 Å². The molecule has 0 aliphatic carbocycles. The molecule has 0 fully saturated rings. The summed E-state index contributed by atoms with van der Waals surface area (Å²) in [6.07, 6.45) is 2.86. The van der Waals surface area contributed by atoms with Crippen molar-refractivity contribution in [2.24, 2.45) is 0 Å². The van der Waals surface area contributed by atoms with Gasteiger partial charge in [0.25, 0.3) is 0 Å². The zero-order valence-electron chi connectivity index (χ0n) is 16.0. The average Bonchev–Trinajstić information content (AvgIpc) is 3.20. The zero-order valence-corrected chi connectivity index (χ0v) is 18.3. The number of nitrogens with one attached hydrogen (secondary N) is 2. The lowest BCUT2D eigenvalue weighted by Crippen LogP contribution is -2.32. The molecular weight excluding hydrogens is 459 g/mol. The number of benzene rings is 2. The molecule has 3 aromatic rings. The molecular formula is C22H16Cl2N2O4S. The quantitative estimate of drug-likeness (QED) is 0.381. The van der Waals surface area contributed by atoms with E-state index in [9.17, 15) is 4.79 Å². The lowest BCUT2D eigenvalue weighted by Gasteiger charge is -2.19. The van der Waals surface area contributed by atoms with Crippen LogP contribution >= 0.6 is 35.4 Å². The van der Waals surface area contributed by atoms with E-state index < -0.39 is 5.91 Å². The number of furan rings is 1. The van der Waals surface area contributed by atoms with Gasteiger partial charge in [0.05, 0.1) is 0 Å². The van der Waals surface area contributed by atoms with Gasteiger partial charge in [0.2, 0.25) is 5.91 Å². The largest absolute Gasteiger partial charge is 0.486 e. The minimum absolute atomic E-state index is 0.153. The molecule has 9 heteroatoms. The van der Waals surface area contributed by atoms with Crippen LogP contribution in [0.15, 0.2) is 59.0 Å². The summed E-state index contributed by atoms with van der Waals surface area (Å²) >= 11 is 17.2. The topological polar surface area (TPSA) is 72.7 Å². The van der Waals surface area contributed by atoms with E-state index in [4.69, 9.17) is 49.3 Å². The van der Waals surface area contributed by atoms with E-state index in [1.807, 2.05) is 0 Å². The Kier molecular flexibility index (Phi) is 6.46. The maximum absolute atomic E-state index is 12.2. The Morgan fingerprint density at radius 1 is 0.968 bits per heavy atom. The molecule has 2 heterocycles. The average molecular weight is 475 g/mol. The van der Waals surface area contributed by atoms with Gasteiger partial charge in [0, 0.05) is 33.4 Å². The molecule has 0 bridgehead atoms. The minimum Gasteiger partial charge on any atom is -0.486 e. The maximum atomic E-state index is 12.2. The van der Waals surface area contributed by atoms with Crippen molar-refractivity contribution >= 4 is 58.2 Å². The van der Waals surface area contributed by atoms with Gasteiger partial charge in [-0.15, -0.1) is 0 Å². The first-order chi connectivity index (χ1) is 15.0. The fourth-order valence-electron chi connectivity index (χ4n) is 2.89. The van der Waals surface area contributed by atoms with Crippen LogP contribution in [0, 0.1) is 0 Å². The summed E-state index contributed by atoms with van der Waals surface area (Å²) in [6, 6.07) is 14.0. The third kappa shape index (κ3) is 5.58. The highest BCUT2D eigenvalue weighted by Gasteiger charge is 2.12. The molecule has 158 valence electrons. The molecule has 1 aliphatic rings. The van der Waals surface area contributed by atoms with Gasteiger partial charge < -0.3 is 19.2 Å². The van der Waals surface area contributed by atoms with Gasteiger partial charge in [-0.05, 0) is 60.8 Å². The molecule has 0 saturated heterocycles. The van der Waals surface area contributed by atoms with E-state index in [0.29, 0.717) is 52.0 Å². The lowest BCUT2D eigenvalue weighted by atomic mass is 10.2. The van der Waals surface area contributed by atoms with Gasteiger partial charge in [-0.25, -0.2) is 0 Å². The lowest BCUT2D eigenvalue weighted by molar-refractivity contribution is -0.115. The van der Waals surface area contributed by atoms with E-state index in [-0.39, 0.29) is 5.11 Å². The van der Waals surface area contributed by atoms with Crippen LogP contribution in [-0.4, -0.2) is 24.2 Å². The highest BCUT2D eigenvalue weighted by molar-refractivity contribution is 7.80. The monoisotopic (exact) mass is 474 g/mol. The van der Waals surface area contributed by atoms with Crippen LogP contribution in [0.3, 0.4) is 0 Å². The van der Waals surface area contributed by atoms with E-state index in [0.717, 1.165) is 5.56 Å². The standard InChI is InChI=1S/C22H16Cl2N2O4S/c23-14-9-13(10-15(24)11-14)18-5-2-17(30-18)3-6-21(27)26-22(31)25-16-1-4-19-20(12-16)29-8-7-28-19/h1-6,9-12H,7-8H2,(H2,25,26,27,31)/b6-3+. The Morgan fingerprint density at radius 3 is 2.48 bits per heavy atom. The third-order valence-corrected chi connectivity index (χ3v) is 4.85. The van der Waals surface area contributed by atoms with Gasteiger partial charge in [0.15, 0.2) is 16.6 Å². The molecule has 2 aromatic carbocycles. The highest BCUT2D eigenvalue weighted by atomic mass is 35.5. The van der Waals surface area contributed by atoms with Crippen molar-refractivity contribution in [1.82, 2.24) is 5.32 Å². The number of ether oxygens (including phenoxy) is 2. The number of hydrogen-bond acceptors (Lipinski definition) is 5. The molecule has 0 atom stereocenters. The summed E-state index contributed by atoms with van der Waals surface area (Å²) in [5.41, 5.74) is 1.42. The molecule has 0 unspecified atom stereocenters. The Labute approximate surface area is 193 Å². The summed E-state index contributed by atoms with van der Waals surface area (Å²) < 4.78 is 16.7. The SMILES string of the molecule is O=C(/C=C/c1ccc(-c2cc(Cl)cc(Cl)c2)o1)NC(=S)Nc1ccc2c(c1)OCCO2. The molecule has 1 aromatic heterocycles. The summed E-state index contributed by atoms with van der Waals surface area (Å²) in [7, 11) is 0. The zero-order chi connectivity index (χ0) is 21.8. The van der Waals surface area contributed by atoms with Gasteiger partial charge in [-0.2, -0.15) is 0 Å². The van der Waals surface area contributed by atoms with E-state index >= 15 is 0 Å². The van der Waals surface area contributed by atoms with Crippen molar-refractivity contribution < 1.29 is 18.7 Å². The number of rotatable bonds is 4. The van der Waals surface area contributed by atoms with Crippen LogP contribution < -0.4 is 20.1 Å². The molecule has 31 heavy (non-hydrogen) atoms. The fourth-order valence-corrected chi connectivity index (χ4v) is 3.63. The van der Waals surface area contributed by atoms with Crippen molar-refractivity contribution in [3.63, 3.8) is 0 Å². The van der Waals surface area contributed by atoms with Crippen molar-refractivity contribution in [3.05, 3.63) is 70.4 Å². The number of halogens is 2. The number of thiocarbonyl (C=S) groups is 1. The molecule has 1 amide bonds. The summed E-state index contributed by atoms with van der Waals surface area (Å²) in [4.78, 5) is 12.2. The first kappa shape index (κ1) is 21.2. The van der Waals surface area contributed by atoms with Gasteiger partial charge >= 0.3 is 0 Å². The molecule has 0 radical (unpaired) electrons. The number of amides is 1. The van der Waals surface area contributed by atoms with Crippen LogP contribution in [-0.2, 0) is 4.79 Å². The summed E-state index contributed by atoms with van der Waals surface area (Å²) in [5, 5.41) is 6.69. The summed E-state index contributed by atoms with van der Waals surface area (Å²) in [5.74, 6) is 1.97. The van der Waals surface area contributed by atoms with Crippen molar-refractivity contribution in [1.29, 1.82) is 0 Å². The van der Waals surface area contributed by atoms with Crippen molar-refractivity contribution in [2.45, 2.75) is 0 Å². The van der Waals surface area contributed by atoms with E-state index in [1.165, 1.54) is 12.2 Å². The van der Waals surface area contributed by atoms with Crippen LogP contribution in [0.4, 0.5) is 5.69 Å². The van der Waals surface area contributed by atoms with Crippen LogP contribution in [0.2, 0.25) is 10.0 Å². The maximum Gasteiger partial charge on any atom is 0.250 e. The number of carbonyl (C=O) groups is 1. The molecule has 6 nitrogen and oxygen atoms in total. The fraction of sp³-hybridized carbons (Fsp3) is 0.0909. The molecule has 0 spiro atoms. The molecule has 2 N–H and O–H groups in total. The smallest absolute Gasteiger partial charge is 0.250 e. The minimum atomic E-state index is -0.404. The summed E-state index contributed by atoms with van der Waals surface area (Å²) in [6.45, 7) is 1.01. The van der Waals surface area contributed by atoms with Gasteiger partial charge in [-0.1, -0.05) is 23.2 Å². The predicted octanol–water partition coefficient (Wildman–Crippen LogP) is 5.55. The van der Waals surface area contributed by atoms with Crippen LogP contribution in [0.25, 0.3) is 17.4 Å². The Hall–Kier alpha value is -3.00. The van der Waals surface area contributed by atoms with Crippen LogP contribution in [0.1, 0.15) is 5.76 Å².